The van der Waals surface area contributed by atoms with Gasteiger partial charge in [0.25, 0.3) is 0 Å². The van der Waals surface area contributed by atoms with Crippen LogP contribution >= 0.6 is 11.6 Å². The van der Waals surface area contributed by atoms with Gasteiger partial charge < -0.3 is 14.9 Å². The first-order valence-electron chi connectivity index (χ1n) is 10.7. The van der Waals surface area contributed by atoms with Crippen LogP contribution in [-0.2, 0) is 24.2 Å². The Bertz CT molecular complexity index is 1390. The molecule has 6 heteroatoms. The van der Waals surface area contributed by atoms with Crippen LogP contribution in [0.15, 0.2) is 79.0 Å². The molecule has 32 heavy (non-hydrogen) atoms. The number of nitrogens with one attached hydrogen (secondary N) is 2. The van der Waals surface area contributed by atoms with E-state index >= 15 is 0 Å². The van der Waals surface area contributed by atoms with Gasteiger partial charge >= 0.3 is 0 Å². The normalized spacial score (nSPS) is 11.3. The first-order chi connectivity index (χ1) is 15.7. The second-order valence-electron chi connectivity index (χ2n) is 7.87. The quantitative estimate of drug-likeness (QED) is 0.367. The van der Waals surface area contributed by atoms with Crippen LogP contribution in [0.3, 0.4) is 0 Å². The molecule has 0 saturated carbocycles. The van der Waals surface area contributed by atoms with Crippen molar-refractivity contribution in [2.24, 2.45) is 0 Å². The first kappa shape index (κ1) is 20.3. The van der Waals surface area contributed by atoms with E-state index in [4.69, 9.17) is 16.6 Å². The van der Waals surface area contributed by atoms with Crippen molar-refractivity contribution in [3.8, 4) is 0 Å². The number of rotatable bonds is 7. The summed E-state index contributed by atoms with van der Waals surface area (Å²) in [6.07, 6.45) is 3.39. The smallest absolute Gasteiger partial charge is 0.240 e. The molecular weight excluding hydrogens is 420 g/mol. The van der Waals surface area contributed by atoms with Crippen molar-refractivity contribution in [3.05, 3.63) is 101 Å². The van der Waals surface area contributed by atoms with Gasteiger partial charge in [0.1, 0.15) is 12.4 Å². The van der Waals surface area contributed by atoms with Crippen molar-refractivity contribution in [2.45, 2.75) is 19.4 Å². The molecule has 3 aromatic carbocycles. The van der Waals surface area contributed by atoms with Crippen LogP contribution in [0.25, 0.3) is 21.9 Å². The van der Waals surface area contributed by atoms with Gasteiger partial charge in [-0.05, 0) is 47.9 Å². The molecule has 5 aromatic rings. The van der Waals surface area contributed by atoms with Gasteiger partial charge in [-0.25, -0.2) is 4.98 Å². The van der Waals surface area contributed by atoms with E-state index in [1.165, 1.54) is 5.56 Å². The molecule has 0 spiro atoms. The lowest BCUT2D eigenvalue weighted by Crippen LogP contribution is -2.30. The van der Waals surface area contributed by atoms with Crippen molar-refractivity contribution in [2.75, 3.05) is 6.54 Å². The van der Waals surface area contributed by atoms with E-state index in [2.05, 4.69) is 22.4 Å². The number of nitrogens with zero attached hydrogens (tertiary/aromatic N) is 2. The highest BCUT2D eigenvalue weighted by Gasteiger charge is 2.14. The third kappa shape index (κ3) is 4.25. The number of aromatic amines is 1. The van der Waals surface area contributed by atoms with E-state index in [1.807, 2.05) is 71.4 Å². The Hall–Kier alpha value is -3.57. The molecule has 0 fully saturated rings. The summed E-state index contributed by atoms with van der Waals surface area (Å²) in [5, 5.41) is 4.86. The van der Waals surface area contributed by atoms with Gasteiger partial charge in [-0.1, -0.05) is 54.1 Å². The molecule has 1 amide bonds. The molecule has 2 aromatic heterocycles. The largest absolute Gasteiger partial charge is 0.361 e. The third-order valence-corrected chi connectivity index (χ3v) is 5.92. The van der Waals surface area contributed by atoms with Crippen molar-refractivity contribution < 1.29 is 4.79 Å². The number of H-pyrrole nitrogens is 1. The lowest BCUT2D eigenvalue weighted by Gasteiger charge is -2.10. The van der Waals surface area contributed by atoms with Crippen LogP contribution < -0.4 is 5.32 Å². The molecular formula is C26H23ClN4O. The lowest BCUT2D eigenvalue weighted by atomic mass is 10.1. The van der Waals surface area contributed by atoms with Crippen LogP contribution in [0, 0.1) is 0 Å². The van der Waals surface area contributed by atoms with E-state index in [0.29, 0.717) is 18.0 Å². The number of halogens is 1. The summed E-state index contributed by atoms with van der Waals surface area (Å²) in [7, 11) is 0. The van der Waals surface area contributed by atoms with E-state index in [0.717, 1.165) is 39.7 Å². The summed E-state index contributed by atoms with van der Waals surface area (Å²) < 4.78 is 2.02. The molecule has 0 bridgehead atoms. The Morgan fingerprint density at radius 3 is 2.72 bits per heavy atom. The van der Waals surface area contributed by atoms with Crippen molar-refractivity contribution in [1.29, 1.82) is 0 Å². The highest BCUT2D eigenvalue weighted by atomic mass is 35.5. The molecule has 5 nitrogen and oxygen atoms in total. The number of fused-ring (bicyclic) bond motifs is 2. The topological polar surface area (TPSA) is 62.7 Å². The maximum absolute atomic E-state index is 12.8. The third-order valence-electron chi connectivity index (χ3n) is 5.69. The molecule has 0 aliphatic heterocycles. The van der Waals surface area contributed by atoms with Gasteiger partial charge in [0.2, 0.25) is 5.91 Å². The first-order valence-corrected chi connectivity index (χ1v) is 11.1. The van der Waals surface area contributed by atoms with E-state index in [1.54, 1.807) is 0 Å². The lowest BCUT2D eigenvalue weighted by molar-refractivity contribution is -0.121. The summed E-state index contributed by atoms with van der Waals surface area (Å²) in [5.41, 5.74) is 5.23. The minimum absolute atomic E-state index is 0.0275. The zero-order chi connectivity index (χ0) is 21.9. The number of aromatic nitrogens is 3. The van der Waals surface area contributed by atoms with E-state index in [-0.39, 0.29) is 12.5 Å². The molecule has 0 aliphatic carbocycles. The van der Waals surface area contributed by atoms with Crippen LogP contribution in [0.4, 0.5) is 0 Å². The molecule has 160 valence electrons. The molecule has 0 aliphatic rings. The Balaban J connectivity index is 1.30. The minimum atomic E-state index is -0.0275. The number of imidazole rings is 1. The second-order valence-corrected chi connectivity index (χ2v) is 8.31. The number of benzene rings is 3. The predicted molar refractivity (Wildman–Crippen MR) is 129 cm³/mol. The summed E-state index contributed by atoms with van der Waals surface area (Å²) in [5.74, 6) is 0.860. The van der Waals surface area contributed by atoms with Gasteiger partial charge in [0.15, 0.2) is 0 Å². The number of amides is 1. The Labute approximate surface area is 191 Å². The average molecular weight is 443 g/mol. The summed E-state index contributed by atoms with van der Waals surface area (Å²) in [6, 6.07) is 24.0. The van der Waals surface area contributed by atoms with Gasteiger partial charge in [-0.2, -0.15) is 0 Å². The standard InChI is InChI=1S/C26H23ClN4O/c27-20-10-11-22-21(15-20)19(16-29-22)12-13-28-26(32)17-31-24-9-5-4-8-23(24)30-25(31)14-18-6-2-1-3-7-18/h1-11,15-16,29H,12-14,17H2,(H,28,32). The molecule has 2 N–H and O–H groups in total. The highest BCUT2D eigenvalue weighted by Crippen LogP contribution is 2.23. The fourth-order valence-corrected chi connectivity index (χ4v) is 4.28. The predicted octanol–water partition coefficient (Wildman–Crippen LogP) is 5.12. The molecule has 5 rings (SSSR count). The number of hydrogen-bond acceptors (Lipinski definition) is 2. The Kier molecular flexibility index (Phi) is 5.65. The fourth-order valence-electron chi connectivity index (χ4n) is 4.11. The summed E-state index contributed by atoms with van der Waals surface area (Å²) >= 11 is 6.14. The van der Waals surface area contributed by atoms with Gasteiger partial charge in [-0.15, -0.1) is 0 Å². The van der Waals surface area contributed by atoms with Crippen molar-refractivity contribution in [1.82, 2.24) is 19.9 Å². The van der Waals surface area contributed by atoms with Crippen LogP contribution in [0.5, 0.6) is 0 Å². The maximum Gasteiger partial charge on any atom is 0.240 e. The summed E-state index contributed by atoms with van der Waals surface area (Å²) in [6.45, 7) is 0.793. The second kappa shape index (κ2) is 8.89. The SMILES string of the molecule is O=C(Cn1c(Cc2ccccc2)nc2ccccc21)NCCc1c[nH]c2ccc(Cl)cc12. The van der Waals surface area contributed by atoms with Crippen molar-refractivity contribution in [3.63, 3.8) is 0 Å². The molecule has 2 heterocycles. The van der Waals surface area contributed by atoms with Gasteiger partial charge in [0, 0.05) is 35.1 Å². The van der Waals surface area contributed by atoms with E-state index in [9.17, 15) is 4.79 Å². The highest BCUT2D eigenvalue weighted by molar-refractivity contribution is 6.31. The van der Waals surface area contributed by atoms with Gasteiger partial charge in [0.05, 0.1) is 11.0 Å². The van der Waals surface area contributed by atoms with Crippen LogP contribution in [-0.4, -0.2) is 27.0 Å². The van der Waals surface area contributed by atoms with Crippen LogP contribution in [0.2, 0.25) is 5.02 Å². The number of carbonyl (C=O) groups excluding carboxylic acids is 1. The van der Waals surface area contributed by atoms with Crippen LogP contribution in [0.1, 0.15) is 17.0 Å². The average Bonchev–Trinajstić information content (AvgIpc) is 3.35. The Morgan fingerprint density at radius 2 is 1.84 bits per heavy atom. The number of carbonyl (C=O) groups is 1. The van der Waals surface area contributed by atoms with Gasteiger partial charge in [-0.3, -0.25) is 4.79 Å². The monoisotopic (exact) mass is 442 g/mol. The fraction of sp³-hybridized carbons (Fsp3) is 0.154. The molecule has 0 atom stereocenters. The molecule has 0 saturated heterocycles. The zero-order valence-electron chi connectivity index (χ0n) is 17.5. The van der Waals surface area contributed by atoms with Crippen molar-refractivity contribution >= 4 is 39.4 Å². The number of para-hydroxylation sites is 2. The maximum atomic E-state index is 12.8. The molecule has 0 unspecified atom stereocenters. The Morgan fingerprint density at radius 1 is 1.03 bits per heavy atom. The zero-order valence-corrected chi connectivity index (χ0v) is 18.3. The minimum Gasteiger partial charge on any atom is -0.361 e. The summed E-state index contributed by atoms with van der Waals surface area (Å²) in [4.78, 5) is 20.9. The molecule has 0 radical (unpaired) electrons. The van der Waals surface area contributed by atoms with E-state index < -0.39 is 0 Å². The number of hydrogen-bond donors (Lipinski definition) is 2.